The van der Waals surface area contributed by atoms with E-state index in [1.807, 2.05) is 10.8 Å². The van der Waals surface area contributed by atoms with Gasteiger partial charge in [0.15, 0.2) is 5.16 Å². The summed E-state index contributed by atoms with van der Waals surface area (Å²) in [7, 11) is -0.815. The number of hydrogen-bond donors (Lipinski definition) is 0. The second-order valence-corrected chi connectivity index (χ2v) is 3.42. The fraction of sp³-hybridized carbons (Fsp3) is 0.400. The van der Waals surface area contributed by atoms with Crippen molar-refractivity contribution in [2.45, 2.75) is 11.7 Å². The van der Waals surface area contributed by atoms with Crippen LogP contribution < -0.4 is 0 Å². The predicted molar refractivity (Wildman–Crippen MR) is 33.5 cm³/mol. The Bertz CT molecular complexity index is 255. The van der Waals surface area contributed by atoms with Crippen LogP contribution >= 0.6 is 0 Å². The minimum atomic E-state index is -0.815. The molecule has 0 saturated carbocycles. The number of aromatic nitrogens is 2. The lowest BCUT2D eigenvalue weighted by molar-refractivity contribution is 0.679. The summed E-state index contributed by atoms with van der Waals surface area (Å²) in [4.78, 5) is 3.94. The Morgan fingerprint density at radius 2 is 2.67 bits per heavy atom. The van der Waals surface area contributed by atoms with E-state index in [9.17, 15) is 4.21 Å². The molecule has 3 nitrogen and oxygen atoms in total. The Morgan fingerprint density at radius 1 is 1.78 bits per heavy atom. The Labute approximate surface area is 55.2 Å². The third-order valence-corrected chi connectivity index (χ3v) is 2.70. The molecule has 0 spiro atoms. The van der Waals surface area contributed by atoms with Gasteiger partial charge in [0.25, 0.3) is 0 Å². The van der Waals surface area contributed by atoms with Crippen LogP contribution in [-0.2, 0) is 17.3 Å². The van der Waals surface area contributed by atoms with Crippen molar-refractivity contribution < 1.29 is 4.21 Å². The second-order valence-electron chi connectivity index (χ2n) is 1.95. The number of fused-ring (bicyclic) bond motifs is 1. The zero-order chi connectivity index (χ0) is 6.27. The molecule has 0 saturated heterocycles. The first-order valence-corrected chi connectivity index (χ1v) is 4.09. The van der Waals surface area contributed by atoms with Gasteiger partial charge in [-0.3, -0.25) is 4.21 Å². The third-order valence-electron chi connectivity index (χ3n) is 1.40. The lowest BCUT2D eigenvalue weighted by atomic mass is 10.7. The lowest BCUT2D eigenvalue weighted by Crippen LogP contribution is -1.88. The Balaban J connectivity index is 2.61. The molecule has 0 N–H and O–H groups in total. The molecule has 0 fully saturated rings. The number of rotatable bonds is 0. The smallest absolute Gasteiger partial charge is 0.199 e. The zero-order valence-corrected chi connectivity index (χ0v) is 5.60. The van der Waals surface area contributed by atoms with Gasteiger partial charge in [0.05, 0.1) is 10.8 Å². The maximum atomic E-state index is 11.0. The van der Waals surface area contributed by atoms with Gasteiger partial charge in [-0.15, -0.1) is 0 Å². The highest BCUT2D eigenvalue weighted by Gasteiger charge is 2.17. The van der Waals surface area contributed by atoms with Crippen molar-refractivity contribution in [1.29, 1.82) is 0 Å². The quantitative estimate of drug-likeness (QED) is 0.511. The summed E-state index contributed by atoms with van der Waals surface area (Å²) >= 11 is 0. The number of imidazole rings is 1. The van der Waals surface area contributed by atoms with Crippen molar-refractivity contribution in [3.05, 3.63) is 12.4 Å². The van der Waals surface area contributed by atoms with E-state index < -0.39 is 10.8 Å². The molecule has 0 amide bonds. The first kappa shape index (κ1) is 5.17. The summed E-state index contributed by atoms with van der Waals surface area (Å²) in [6.07, 6.45) is 3.55. The summed E-state index contributed by atoms with van der Waals surface area (Å²) in [6, 6.07) is 0. The van der Waals surface area contributed by atoms with Gasteiger partial charge in [0.1, 0.15) is 0 Å². The molecule has 9 heavy (non-hydrogen) atoms. The predicted octanol–water partition coefficient (Wildman–Crippen LogP) is 0.00430. The van der Waals surface area contributed by atoms with Crippen molar-refractivity contribution in [1.82, 2.24) is 9.55 Å². The second kappa shape index (κ2) is 1.67. The van der Waals surface area contributed by atoms with Crippen LogP contribution in [-0.4, -0.2) is 19.5 Å². The van der Waals surface area contributed by atoms with Crippen LogP contribution in [0.2, 0.25) is 0 Å². The van der Waals surface area contributed by atoms with E-state index in [0.717, 1.165) is 17.5 Å². The first-order chi connectivity index (χ1) is 4.38. The molecule has 0 bridgehead atoms. The highest BCUT2D eigenvalue weighted by molar-refractivity contribution is 7.85. The van der Waals surface area contributed by atoms with Crippen molar-refractivity contribution in [2.24, 2.45) is 0 Å². The van der Waals surface area contributed by atoms with Crippen LogP contribution in [0.15, 0.2) is 17.6 Å². The van der Waals surface area contributed by atoms with Gasteiger partial charge in [-0.25, -0.2) is 4.98 Å². The van der Waals surface area contributed by atoms with Gasteiger partial charge in [-0.1, -0.05) is 0 Å². The molecular formula is C5H6N2OS. The van der Waals surface area contributed by atoms with E-state index in [4.69, 9.17) is 0 Å². The molecule has 0 aliphatic carbocycles. The standard InChI is InChI=1S/C5H6N2OS/c8-9-4-3-7-2-1-6-5(7)9/h1-2H,3-4H2/t9-/m0/s1. The maximum absolute atomic E-state index is 11.0. The summed E-state index contributed by atoms with van der Waals surface area (Å²) in [5, 5.41) is 0.731. The lowest BCUT2D eigenvalue weighted by Gasteiger charge is -1.86. The van der Waals surface area contributed by atoms with E-state index in [1.54, 1.807) is 6.20 Å². The van der Waals surface area contributed by atoms with Crippen LogP contribution in [0.5, 0.6) is 0 Å². The molecule has 2 heterocycles. The van der Waals surface area contributed by atoms with E-state index in [1.165, 1.54) is 0 Å². The Morgan fingerprint density at radius 3 is 3.44 bits per heavy atom. The summed E-state index contributed by atoms with van der Waals surface area (Å²) in [5.74, 6) is 0.739. The van der Waals surface area contributed by atoms with Crippen LogP contribution in [0.3, 0.4) is 0 Å². The van der Waals surface area contributed by atoms with Crippen molar-refractivity contribution in [3.8, 4) is 0 Å². The van der Waals surface area contributed by atoms with Crippen LogP contribution in [0.4, 0.5) is 0 Å². The SMILES string of the molecule is O=[S@]1CCn2ccnc21. The largest absolute Gasteiger partial charge is 0.323 e. The maximum Gasteiger partial charge on any atom is 0.199 e. The fourth-order valence-corrected chi connectivity index (χ4v) is 2.09. The summed E-state index contributed by atoms with van der Waals surface area (Å²) in [6.45, 7) is 0.863. The Kier molecular flexibility index (Phi) is 0.958. The minimum absolute atomic E-state index is 0.731. The molecule has 1 aliphatic heterocycles. The average molecular weight is 142 g/mol. The molecule has 1 aromatic rings. The fourth-order valence-electron chi connectivity index (χ4n) is 0.948. The van der Waals surface area contributed by atoms with Gasteiger partial charge < -0.3 is 4.57 Å². The van der Waals surface area contributed by atoms with E-state index >= 15 is 0 Å². The molecule has 4 heteroatoms. The van der Waals surface area contributed by atoms with E-state index in [0.29, 0.717) is 0 Å². The third kappa shape index (κ3) is 0.627. The molecule has 2 rings (SSSR count). The normalized spacial score (nSPS) is 24.2. The highest BCUT2D eigenvalue weighted by atomic mass is 32.2. The van der Waals surface area contributed by atoms with Crippen LogP contribution in [0.1, 0.15) is 0 Å². The van der Waals surface area contributed by atoms with Crippen molar-refractivity contribution in [3.63, 3.8) is 0 Å². The Hall–Kier alpha value is -0.640. The average Bonchev–Trinajstić information content (AvgIpc) is 2.35. The molecule has 0 unspecified atom stereocenters. The minimum Gasteiger partial charge on any atom is -0.323 e. The van der Waals surface area contributed by atoms with E-state index in [2.05, 4.69) is 4.98 Å². The number of aryl methyl sites for hydroxylation is 1. The zero-order valence-electron chi connectivity index (χ0n) is 4.78. The van der Waals surface area contributed by atoms with Gasteiger partial charge in [0.2, 0.25) is 0 Å². The molecule has 1 aromatic heterocycles. The molecular weight excluding hydrogens is 136 g/mol. The number of nitrogens with zero attached hydrogens (tertiary/aromatic N) is 2. The molecule has 0 aromatic carbocycles. The van der Waals surface area contributed by atoms with Gasteiger partial charge >= 0.3 is 0 Å². The topological polar surface area (TPSA) is 34.9 Å². The van der Waals surface area contributed by atoms with Crippen LogP contribution in [0, 0.1) is 0 Å². The van der Waals surface area contributed by atoms with Gasteiger partial charge in [0, 0.05) is 24.7 Å². The van der Waals surface area contributed by atoms with E-state index in [-0.39, 0.29) is 0 Å². The van der Waals surface area contributed by atoms with Crippen molar-refractivity contribution >= 4 is 10.8 Å². The molecule has 0 radical (unpaired) electrons. The monoisotopic (exact) mass is 142 g/mol. The van der Waals surface area contributed by atoms with Crippen molar-refractivity contribution in [2.75, 3.05) is 5.75 Å². The first-order valence-electron chi connectivity index (χ1n) is 2.77. The number of hydrogen-bond acceptors (Lipinski definition) is 2. The molecule has 1 atom stereocenters. The molecule has 1 aliphatic rings. The summed E-state index contributed by atoms with van der Waals surface area (Å²) in [5.41, 5.74) is 0. The van der Waals surface area contributed by atoms with Gasteiger partial charge in [-0.2, -0.15) is 0 Å². The van der Waals surface area contributed by atoms with Crippen LogP contribution in [0.25, 0.3) is 0 Å². The molecule has 48 valence electrons. The highest BCUT2D eigenvalue weighted by Crippen LogP contribution is 2.11. The van der Waals surface area contributed by atoms with Gasteiger partial charge in [-0.05, 0) is 0 Å². The summed E-state index contributed by atoms with van der Waals surface area (Å²) < 4.78 is 12.9.